The fourth-order valence-corrected chi connectivity index (χ4v) is 2.62. The molecule has 1 unspecified atom stereocenters. The third-order valence-electron chi connectivity index (χ3n) is 2.79. The van der Waals surface area contributed by atoms with Crippen molar-refractivity contribution in [3.05, 3.63) is 46.5 Å². The zero-order valence-corrected chi connectivity index (χ0v) is 11.0. The summed E-state index contributed by atoms with van der Waals surface area (Å²) in [5.41, 5.74) is 0. The molecule has 17 heavy (non-hydrogen) atoms. The third-order valence-corrected chi connectivity index (χ3v) is 3.72. The van der Waals surface area contributed by atoms with Gasteiger partial charge in [-0.05, 0) is 49.4 Å². The van der Waals surface area contributed by atoms with E-state index in [0.717, 1.165) is 31.6 Å². The van der Waals surface area contributed by atoms with Crippen LogP contribution in [0.5, 0.6) is 0 Å². The quantitative estimate of drug-likeness (QED) is 0.802. The molecular weight excluding hydrogens is 230 g/mol. The molecule has 2 aromatic rings. The fraction of sp³-hybridized carbons (Fsp3) is 0.429. The molecule has 2 nitrogen and oxygen atoms in total. The molecule has 2 heterocycles. The van der Waals surface area contributed by atoms with Crippen molar-refractivity contribution >= 4 is 11.3 Å². The second kappa shape index (κ2) is 6.62. The van der Waals surface area contributed by atoms with Crippen LogP contribution in [0.3, 0.4) is 0 Å². The van der Waals surface area contributed by atoms with Gasteiger partial charge in [-0.2, -0.15) is 0 Å². The summed E-state index contributed by atoms with van der Waals surface area (Å²) >= 11 is 1.83. The summed E-state index contributed by atoms with van der Waals surface area (Å²) in [7, 11) is 0. The first-order valence-electron chi connectivity index (χ1n) is 6.19. The average molecular weight is 249 g/mol. The number of aryl methyl sites for hydroxylation is 1. The van der Waals surface area contributed by atoms with Crippen LogP contribution in [0.4, 0.5) is 0 Å². The molecule has 0 aliphatic heterocycles. The highest BCUT2D eigenvalue weighted by atomic mass is 32.1. The average Bonchev–Trinajstić information content (AvgIpc) is 3.01. The van der Waals surface area contributed by atoms with E-state index in [1.807, 2.05) is 17.4 Å². The highest BCUT2D eigenvalue weighted by molar-refractivity contribution is 7.09. The Hall–Kier alpha value is -1.06. The largest absolute Gasteiger partial charge is 0.468 e. The predicted molar refractivity (Wildman–Crippen MR) is 72.4 cm³/mol. The van der Waals surface area contributed by atoms with Gasteiger partial charge in [0.1, 0.15) is 5.76 Å². The van der Waals surface area contributed by atoms with Gasteiger partial charge < -0.3 is 9.73 Å². The van der Waals surface area contributed by atoms with Crippen LogP contribution in [0.25, 0.3) is 0 Å². The van der Waals surface area contributed by atoms with Crippen LogP contribution >= 0.6 is 11.3 Å². The number of rotatable bonds is 7. The van der Waals surface area contributed by atoms with Gasteiger partial charge >= 0.3 is 0 Å². The fourth-order valence-electron chi connectivity index (χ4n) is 1.89. The van der Waals surface area contributed by atoms with Crippen molar-refractivity contribution in [1.29, 1.82) is 0 Å². The van der Waals surface area contributed by atoms with Crippen LogP contribution in [-0.4, -0.2) is 6.54 Å². The van der Waals surface area contributed by atoms with E-state index in [1.165, 1.54) is 4.88 Å². The third kappa shape index (κ3) is 3.72. The molecule has 0 saturated carbocycles. The van der Waals surface area contributed by atoms with Crippen LogP contribution in [0.2, 0.25) is 0 Å². The lowest BCUT2D eigenvalue weighted by atomic mass is 10.1. The first kappa shape index (κ1) is 12.4. The van der Waals surface area contributed by atoms with Crippen LogP contribution in [0.1, 0.15) is 36.4 Å². The summed E-state index contributed by atoms with van der Waals surface area (Å²) in [4.78, 5) is 1.44. The maximum atomic E-state index is 5.50. The van der Waals surface area contributed by atoms with Crippen molar-refractivity contribution in [3.63, 3.8) is 0 Å². The highest BCUT2D eigenvalue weighted by Crippen LogP contribution is 2.21. The molecule has 0 aromatic carbocycles. The SMILES string of the molecule is CCCNC(CCc1cccs1)c1ccco1. The second-order valence-corrected chi connectivity index (χ2v) is 5.17. The van der Waals surface area contributed by atoms with Crippen LogP contribution < -0.4 is 5.32 Å². The molecule has 0 amide bonds. The molecule has 0 fully saturated rings. The Bertz CT molecular complexity index is 394. The molecule has 2 aromatic heterocycles. The van der Waals surface area contributed by atoms with Gasteiger partial charge in [-0.15, -0.1) is 11.3 Å². The second-order valence-electron chi connectivity index (χ2n) is 4.14. The van der Waals surface area contributed by atoms with Gasteiger partial charge in [0.2, 0.25) is 0 Å². The number of thiophene rings is 1. The summed E-state index contributed by atoms with van der Waals surface area (Å²) in [6.45, 7) is 3.22. The maximum Gasteiger partial charge on any atom is 0.120 e. The Balaban J connectivity index is 1.91. The van der Waals surface area contributed by atoms with E-state index in [9.17, 15) is 0 Å². The van der Waals surface area contributed by atoms with E-state index in [1.54, 1.807) is 6.26 Å². The molecule has 0 saturated heterocycles. The van der Waals surface area contributed by atoms with E-state index >= 15 is 0 Å². The van der Waals surface area contributed by atoms with Crippen molar-refractivity contribution < 1.29 is 4.42 Å². The van der Waals surface area contributed by atoms with E-state index in [-0.39, 0.29) is 0 Å². The molecule has 3 heteroatoms. The van der Waals surface area contributed by atoms with Crippen molar-refractivity contribution in [2.75, 3.05) is 6.54 Å². The first-order chi connectivity index (χ1) is 8.40. The zero-order chi connectivity index (χ0) is 11.9. The number of hydrogen-bond acceptors (Lipinski definition) is 3. The minimum Gasteiger partial charge on any atom is -0.468 e. The van der Waals surface area contributed by atoms with Gasteiger partial charge in [0.25, 0.3) is 0 Å². The molecule has 0 radical (unpaired) electrons. The van der Waals surface area contributed by atoms with E-state index in [0.29, 0.717) is 6.04 Å². The van der Waals surface area contributed by atoms with Gasteiger partial charge in [0.05, 0.1) is 12.3 Å². The molecule has 0 bridgehead atoms. The standard InChI is InChI=1S/C14H19NOS/c1-2-9-15-13(14-6-3-10-16-14)8-7-12-5-4-11-17-12/h3-6,10-11,13,15H,2,7-9H2,1H3. The summed E-state index contributed by atoms with van der Waals surface area (Å²) in [6.07, 6.45) is 5.10. The molecule has 92 valence electrons. The van der Waals surface area contributed by atoms with Crippen molar-refractivity contribution in [1.82, 2.24) is 5.32 Å². The van der Waals surface area contributed by atoms with E-state index in [4.69, 9.17) is 4.42 Å². The molecule has 2 rings (SSSR count). The number of hydrogen-bond donors (Lipinski definition) is 1. The van der Waals surface area contributed by atoms with E-state index in [2.05, 4.69) is 35.8 Å². The monoisotopic (exact) mass is 249 g/mol. The molecule has 1 N–H and O–H groups in total. The van der Waals surface area contributed by atoms with E-state index < -0.39 is 0 Å². The molecule has 0 aliphatic rings. The number of nitrogens with one attached hydrogen (secondary N) is 1. The minimum absolute atomic E-state index is 0.340. The molecule has 1 atom stereocenters. The maximum absolute atomic E-state index is 5.50. The van der Waals surface area contributed by atoms with Gasteiger partial charge in [-0.25, -0.2) is 0 Å². The summed E-state index contributed by atoms with van der Waals surface area (Å²) in [5.74, 6) is 1.05. The lowest BCUT2D eigenvalue weighted by Gasteiger charge is -2.15. The lowest BCUT2D eigenvalue weighted by Crippen LogP contribution is -2.22. The lowest BCUT2D eigenvalue weighted by molar-refractivity contribution is 0.396. The van der Waals surface area contributed by atoms with Crippen LogP contribution in [0.15, 0.2) is 40.3 Å². The van der Waals surface area contributed by atoms with Crippen LogP contribution in [-0.2, 0) is 6.42 Å². The first-order valence-corrected chi connectivity index (χ1v) is 7.07. The van der Waals surface area contributed by atoms with Crippen molar-refractivity contribution in [2.24, 2.45) is 0 Å². The molecular formula is C14H19NOS. The Morgan fingerprint density at radius 1 is 1.35 bits per heavy atom. The highest BCUT2D eigenvalue weighted by Gasteiger charge is 2.13. The van der Waals surface area contributed by atoms with Gasteiger partial charge in [0, 0.05) is 4.88 Å². The predicted octanol–water partition coefficient (Wildman–Crippen LogP) is 4.01. The Kier molecular flexibility index (Phi) is 4.83. The Morgan fingerprint density at radius 2 is 2.29 bits per heavy atom. The van der Waals surface area contributed by atoms with Gasteiger partial charge in [0.15, 0.2) is 0 Å². The zero-order valence-electron chi connectivity index (χ0n) is 10.2. The number of furan rings is 1. The van der Waals surface area contributed by atoms with Crippen LogP contribution in [0, 0.1) is 0 Å². The Labute approximate surface area is 107 Å². The van der Waals surface area contributed by atoms with Gasteiger partial charge in [-0.3, -0.25) is 0 Å². The van der Waals surface area contributed by atoms with Gasteiger partial charge in [-0.1, -0.05) is 13.0 Å². The normalized spacial score (nSPS) is 12.8. The molecule has 0 aliphatic carbocycles. The summed E-state index contributed by atoms with van der Waals surface area (Å²) < 4.78 is 5.50. The van der Waals surface area contributed by atoms with Crippen molar-refractivity contribution in [2.45, 2.75) is 32.2 Å². The topological polar surface area (TPSA) is 25.2 Å². The smallest absolute Gasteiger partial charge is 0.120 e. The molecule has 0 spiro atoms. The summed E-state index contributed by atoms with van der Waals surface area (Å²) in [6, 6.07) is 8.67. The van der Waals surface area contributed by atoms with Crippen molar-refractivity contribution in [3.8, 4) is 0 Å². The Morgan fingerprint density at radius 3 is 2.94 bits per heavy atom. The summed E-state index contributed by atoms with van der Waals surface area (Å²) in [5, 5.41) is 5.68. The minimum atomic E-state index is 0.340.